The molecule has 4 rings (SSSR count). The van der Waals surface area contributed by atoms with Gasteiger partial charge in [-0.2, -0.15) is 5.26 Å². The van der Waals surface area contributed by atoms with Crippen LogP contribution in [0.5, 0.6) is 0 Å². The summed E-state index contributed by atoms with van der Waals surface area (Å²) in [4.78, 5) is 29.6. The third kappa shape index (κ3) is 3.33. The number of allylic oxidation sites excluding steroid dienone is 3. The Balaban J connectivity index is 1.81. The van der Waals surface area contributed by atoms with E-state index in [0.717, 1.165) is 11.1 Å². The number of rotatable bonds is 3. The molecule has 0 saturated carbocycles. The fourth-order valence-corrected chi connectivity index (χ4v) is 3.98. The number of carbonyl (C=O) groups excluding carboxylic acids is 2. The van der Waals surface area contributed by atoms with Crippen molar-refractivity contribution >= 4 is 11.7 Å². The summed E-state index contributed by atoms with van der Waals surface area (Å²) in [6, 6.07) is 13.1. The van der Waals surface area contributed by atoms with E-state index in [4.69, 9.17) is 5.73 Å². The van der Waals surface area contributed by atoms with Gasteiger partial charge in [0.2, 0.25) is 0 Å². The topological polar surface area (TPSA) is 112 Å². The van der Waals surface area contributed by atoms with E-state index in [-0.39, 0.29) is 17.2 Å². The van der Waals surface area contributed by atoms with Gasteiger partial charge >= 0.3 is 0 Å². The number of aryl methyl sites for hydroxylation is 1. The van der Waals surface area contributed by atoms with Crippen LogP contribution in [-0.2, 0) is 4.79 Å². The molecule has 2 heterocycles. The molecule has 1 unspecified atom stereocenters. The van der Waals surface area contributed by atoms with E-state index in [1.165, 1.54) is 17.4 Å². The van der Waals surface area contributed by atoms with Gasteiger partial charge in [0.25, 0.3) is 5.91 Å². The highest BCUT2D eigenvalue weighted by Gasteiger charge is 2.40. The first-order valence-electron chi connectivity index (χ1n) is 9.75. The molecular weight excluding hydrogens is 378 g/mol. The molecular formula is C23H21N5O2. The Bertz CT molecular complexity index is 1110. The highest BCUT2D eigenvalue weighted by molar-refractivity contribution is 6.00. The second-order valence-electron chi connectivity index (χ2n) is 7.40. The van der Waals surface area contributed by atoms with E-state index in [1.807, 2.05) is 31.2 Å². The van der Waals surface area contributed by atoms with Crippen molar-refractivity contribution < 1.29 is 9.59 Å². The van der Waals surface area contributed by atoms with Crippen molar-refractivity contribution in [1.82, 2.24) is 15.4 Å². The van der Waals surface area contributed by atoms with Crippen LogP contribution in [0, 0.1) is 18.3 Å². The molecule has 1 amide bonds. The maximum atomic E-state index is 13.0. The van der Waals surface area contributed by atoms with Crippen molar-refractivity contribution in [2.75, 3.05) is 0 Å². The number of Topliss-reactive ketones (excluding diaryl/α,β-unsaturated/α-hetero) is 1. The van der Waals surface area contributed by atoms with Crippen molar-refractivity contribution in [3.8, 4) is 6.07 Å². The number of amides is 1. The summed E-state index contributed by atoms with van der Waals surface area (Å²) >= 11 is 0. The standard InChI is InChI=1S/C23H21N5O2/c1-14-5-7-15(8-6-14)20-17(13-24)22(25)28(18-3-2-4-19(29)21(18)20)27-23(30)16-9-11-26-12-10-16/h5-12,20H,2-4,25H2,1H3,(H,27,30). The third-order valence-electron chi connectivity index (χ3n) is 5.48. The molecule has 3 N–H and O–H groups in total. The van der Waals surface area contributed by atoms with E-state index in [1.54, 1.807) is 12.1 Å². The Labute approximate surface area is 174 Å². The molecule has 30 heavy (non-hydrogen) atoms. The minimum atomic E-state index is -0.535. The van der Waals surface area contributed by atoms with Crippen molar-refractivity contribution in [3.63, 3.8) is 0 Å². The van der Waals surface area contributed by atoms with Crippen LogP contribution in [-0.4, -0.2) is 21.7 Å². The van der Waals surface area contributed by atoms with Gasteiger partial charge in [-0.25, -0.2) is 5.01 Å². The van der Waals surface area contributed by atoms with Gasteiger partial charge in [-0.1, -0.05) is 29.8 Å². The number of hydrogen-bond acceptors (Lipinski definition) is 6. The van der Waals surface area contributed by atoms with Gasteiger partial charge in [0, 0.05) is 35.6 Å². The molecule has 1 aromatic heterocycles. The molecule has 0 radical (unpaired) electrons. The number of hydrazine groups is 1. The van der Waals surface area contributed by atoms with Gasteiger partial charge in [0.1, 0.15) is 5.82 Å². The SMILES string of the molecule is Cc1ccc(C2C(C#N)=C(N)N(NC(=O)c3ccncc3)C3=C2C(=O)CCC3)cc1. The number of hydrogen-bond donors (Lipinski definition) is 2. The van der Waals surface area contributed by atoms with E-state index < -0.39 is 11.8 Å². The van der Waals surface area contributed by atoms with Crippen molar-refractivity contribution in [2.45, 2.75) is 32.1 Å². The van der Waals surface area contributed by atoms with Gasteiger partial charge in [0.05, 0.1) is 17.6 Å². The van der Waals surface area contributed by atoms with Gasteiger partial charge in [0.15, 0.2) is 5.78 Å². The Morgan fingerprint density at radius 2 is 1.90 bits per heavy atom. The van der Waals surface area contributed by atoms with E-state index >= 15 is 0 Å². The largest absolute Gasteiger partial charge is 0.383 e. The number of ketones is 1. The van der Waals surface area contributed by atoms with Crippen LogP contribution < -0.4 is 11.2 Å². The number of nitrogens with one attached hydrogen (secondary N) is 1. The molecule has 7 nitrogen and oxygen atoms in total. The molecule has 7 heteroatoms. The van der Waals surface area contributed by atoms with Crippen LogP contribution >= 0.6 is 0 Å². The van der Waals surface area contributed by atoms with Gasteiger partial charge < -0.3 is 5.73 Å². The number of aromatic nitrogens is 1. The lowest BCUT2D eigenvalue weighted by Crippen LogP contribution is -2.48. The molecule has 2 aliphatic rings. The lowest BCUT2D eigenvalue weighted by Gasteiger charge is -2.39. The van der Waals surface area contributed by atoms with Crippen molar-refractivity contribution in [1.29, 1.82) is 5.26 Å². The second-order valence-corrected chi connectivity index (χ2v) is 7.40. The van der Waals surface area contributed by atoms with Crippen LogP contribution in [0.25, 0.3) is 0 Å². The fraction of sp³-hybridized carbons (Fsp3) is 0.217. The number of carbonyl (C=O) groups is 2. The first-order chi connectivity index (χ1) is 14.5. The number of nitrogens with two attached hydrogens (primary N) is 1. The maximum Gasteiger partial charge on any atom is 0.270 e. The molecule has 0 saturated heterocycles. The predicted molar refractivity (Wildman–Crippen MR) is 110 cm³/mol. The average molecular weight is 399 g/mol. The molecule has 0 spiro atoms. The molecule has 1 aromatic carbocycles. The number of nitrogens with zero attached hydrogens (tertiary/aromatic N) is 3. The van der Waals surface area contributed by atoms with E-state index in [0.29, 0.717) is 36.1 Å². The Morgan fingerprint density at radius 3 is 2.57 bits per heavy atom. The fourth-order valence-electron chi connectivity index (χ4n) is 3.98. The summed E-state index contributed by atoms with van der Waals surface area (Å²) in [5, 5.41) is 11.3. The average Bonchev–Trinajstić information content (AvgIpc) is 2.76. The smallest absolute Gasteiger partial charge is 0.270 e. The monoisotopic (exact) mass is 399 g/mol. The number of pyridine rings is 1. The van der Waals surface area contributed by atoms with Crippen LogP contribution in [0.4, 0.5) is 0 Å². The Kier molecular flexibility index (Phi) is 5.07. The first-order valence-corrected chi connectivity index (χ1v) is 9.75. The van der Waals surface area contributed by atoms with E-state index in [9.17, 15) is 14.9 Å². The summed E-state index contributed by atoms with van der Waals surface area (Å²) in [6.45, 7) is 1.98. The number of nitriles is 1. The molecule has 0 fully saturated rings. The summed E-state index contributed by atoms with van der Waals surface area (Å²) in [5.74, 6) is -0.812. The quantitative estimate of drug-likeness (QED) is 0.821. The normalized spacial score (nSPS) is 18.7. The zero-order chi connectivity index (χ0) is 21.3. The van der Waals surface area contributed by atoms with E-state index in [2.05, 4.69) is 16.5 Å². The van der Waals surface area contributed by atoms with Crippen LogP contribution in [0.1, 0.15) is 46.7 Å². The number of benzene rings is 1. The van der Waals surface area contributed by atoms with Crippen LogP contribution in [0.2, 0.25) is 0 Å². The predicted octanol–water partition coefficient (Wildman–Crippen LogP) is 2.84. The lowest BCUT2D eigenvalue weighted by atomic mass is 9.76. The zero-order valence-electron chi connectivity index (χ0n) is 16.6. The highest BCUT2D eigenvalue weighted by atomic mass is 16.2. The molecule has 150 valence electrons. The second kappa shape index (κ2) is 7.84. The molecule has 1 aliphatic heterocycles. The summed E-state index contributed by atoms with van der Waals surface area (Å²) in [7, 11) is 0. The Morgan fingerprint density at radius 1 is 1.20 bits per heavy atom. The van der Waals surface area contributed by atoms with Crippen molar-refractivity contribution in [3.05, 3.63) is 88.1 Å². The highest BCUT2D eigenvalue weighted by Crippen LogP contribution is 2.44. The summed E-state index contributed by atoms with van der Waals surface area (Å²) < 4.78 is 0. The third-order valence-corrected chi connectivity index (χ3v) is 5.48. The first kappa shape index (κ1) is 19.4. The Hall–Kier alpha value is -3.92. The van der Waals surface area contributed by atoms with Gasteiger partial charge in [-0.05, 0) is 37.5 Å². The maximum absolute atomic E-state index is 13.0. The van der Waals surface area contributed by atoms with Gasteiger partial charge in [-0.15, -0.1) is 0 Å². The zero-order valence-corrected chi connectivity index (χ0v) is 16.6. The van der Waals surface area contributed by atoms with Crippen molar-refractivity contribution in [2.24, 2.45) is 5.73 Å². The summed E-state index contributed by atoms with van der Waals surface area (Å²) in [5.41, 5.74) is 12.9. The summed E-state index contributed by atoms with van der Waals surface area (Å²) in [6.07, 6.45) is 4.70. The molecule has 0 bridgehead atoms. The van der Waals surface area contributed by atoms with Gasteiger partial charge in [-0.3, -0.25) is 20.0 Å². The van der Waals surface area contributed by atoms with Crippen LogP contribution in [0.3, 0.4) is 0 Å². The molecule has 2 aromatic rings. The minimum absolute atomic E-state index is 0.0229. The molecule has 1 atom stereocenters. The lowest BCUT2D eigenvalue weighted by molar-refractivity contribution is -0.116. The van der Waals surface area contributed by atoms with Crippen LogP contribution in [0.15, 0.2) is 71.5 Å². The minimum Gasteiger partial charge on any atom is -0.383 e. The molecule has 1 aliphatic carbocycles.